The van der Waals surface area contributed by atoms with Crippen molar-refractivity contribution in [1.82, 2.24) is 25.0 Å². The Bertz CT molecular complexity index is 1130. The predicted molar refractivity (Wildman–Crippen MR) is 101 cm³/mol. The van der Waals surface area contributed by atoms with Crippen LogP contribution in [0.5, 0.6) is 0 Å². The van der Waals surface area contributed by atoms with E-state index in [0.717, 1.165) is 5.56 Å². The van der Waals surface area contributed by atoms with E-state index in [1.54, 1.807) is 41.3 Å². The van der Waals surface area contributed by atoms with E-state index in [0.29, 0.717) is 28.7 Å². The van der Waals surface area contributed by atoms with Crippen LogP contribution >= 0.6 is 0 Å². The molecule has 140 valence electrons. The lowest BCUT2D eigenvalue weighted by Crippen LogP contribution is -2.12. The largest absolute Gasteiger partial charge is 0.464 e. The van der Waals surface area contributed by atoms with E-state index >= 15 is 0 Å². The number of ether oxygens (including phenoxy) is 1. The Morgan fingerprint density at radius 1 is 1.18 bits per heavy atom. The molecule has 0 unspecified atom stereocenters. The van der Waals surface area contributed by atoms with E-state index in [1.807, 2.05) is 12.1 Å². The van der Waals surface area contributed by atoms with E-state index in [4.69, 9.17) is 4.74 Å². The third-order valence-corrected chi connectivity index (χ3v) is 4.23. The first-order chi connectivity index (χ1) is 13.6. The van der Waals surface area contributed by atoms with Crippen molar-refractivity contribution in [3.8, 4) is 0 Å². The van der Waals surface area contributed by atoms with Crippen LogP contribution in [0.3, 0.4) is 0 Å². The maximum absolute atomic E-state index is 12.5. The van der Waals surface area contributed by atoms with Gasteiger partial charge in [-0.05, 0) is 35.9 Å². The van der Waals surface area contributed by atoms with Crippen LogP contribution in [-0.2, 0) is 11.3 Å². The molecule has 0 fully saturated rings. The minimum atomic E-state index is -0.544. The van der Waals surface area contributed by atoms with Crippen molar-refractivity contribution in [2.75, 3.05) is 12.4 Å². The monoisotopic (exact) mass is 376 g/mol. The maximum Gasteiger partial charge on any atom is 0.359 e. The van der Waals surface area contributed by atoms with Crippen LogP contribution in [0, 0.1) is 0 Å². The molecule has 2 aromatic heterocycles. The first-order valence-corrected chi connectivity index (χ1v) is 8.43. The molecule has 2 N–H and O–H groups in total. The third kappa shape index (κ3) is 3.45. The van der Waals surface area contributed by atoms with Crippen LogP contribution in [0.25, 0.3) is 10.9 Å². The molecular formula is C19H16N6O3. The number of nitrogens with one attached hydrogen (secondary N) is 2. The first kappa shape index (κ1) is 17.4. The molecule has 4 aromatic rings. The number of fused-ring (bicyclic) bond motifs is 1. The summed E-state index contributed by atoms with van der Waals surface area (Å²) in [5.74, 6) is -0.799. The Morgan fingerprint density at radius 2 is 2.00 bits per heavy atom. The van der Waals surface area contributed by atoms with Gasteiger partial charge in [0.1, 0.15) is 12.7 Å². The first-order valence-electron chi connectivity index (χ1n) is 8.43. The van der Waals surface area contributed by atoms with Gasteiger partial charge in [-0.2, -0.15) is 10.2 Å². The van der Waals surface area contributed by atoms with Crippen LogP contribution in [0.2, 0.25) is 0 Å². The lowest BCUT2D eigenvalue weighted by atomic mass is 10.1. The fraction of sp³-hybridized carbons (Fsp3) is 0.105. The number of hydrogen-bond donors (Lipinski definition) is 2. The Balaban J connectivity index is 1.50. The molecule has 0 aliphatic rings. The average Bonchev–Trinajstić information content (AvgIpc) is 3.37. The topological polar surface area (TPSA) is 115 Å². The van der Waals surface area contributed by atoms with Gasteiger partial charge in [0.05, 0.1) is 19.2 Å². The Morgan fingerprint density at radius 3 is 2.71 bits per heavy atom. The Kier molecular flexibility index (Phi) is 4.55. The molecule has 0 radical (unpaired) electrons. The predicted octanol–water partition coefficient (Wildman–Crippen LogP) is 2.24. The molecule has 0 saturated heterocycles. The number of methoxy groups -OCH3 is 1. The van der Waals surface area contributed by atoms with E-state index in [-0.39, 0.29) is 11.6 Å². The molecule has 0 spiro atoms. The minimum absolute atomic E-state index is 0.172. The number of rotatable bonds is 5. The second-order valence-corrected chi connectivity index (χ2v) is 6.07. The van der Waals surface area contributed by atoms with Crippen LogP contribution < -0.4 is 5.32 Å². The third-order valence-electron chi connectivity index (χ3n) is 4.23. The number of H-pyrrole nitrogens is 1. The number of anilines is 1. The van der Waals surface area contributed by atoms with Crippen LogP contribution in [0.1, 0.15) is 26.4 Å². The number of amides is 1. The molecule has 28 heavy (non-hydrogen) atoms. The molecule has 2 heterocycles. The lowest BCUT2D eigenvalue weighted by molar-refractivity contribution is 0.0596. The van der Waals surface area contributed by atoms with Crippen molar-refractivity contribution in [2.24, 2.45) is 0 Å². The molecule has 9 nitrogen and oxygen atoms in total. The summed E-state index contributed by atoms with van der Waals surface area (Å²) in [6.45, 7) is 0.579. The van der Waals surface area contributed by atoms with Gasteiger partial charge in [-0.15, -0.1) is 0 Å². The Labute approximate surface area is 159 Å². The van der Waals surface area contributed by atoms with Crippen molar-refractivity contribution in [2.45, 2.75) is 6.54 Å². The molecule has 0 aliphatic heterocycles. The molecule has 0 atom stereocenters. The molecular weight excluding hydrogens is 360 g/mol. The lowest BCUT2D eigenvalue weighted by Gasteiger charge is -2.07. The number of carbonyl (C=O) groups excluding carboxylic acids is 2. The van der Waals surface area contributed by atoms with Gasteiger partial charge in [0, 0.05) is 16.6 Å². The van der Waals surface area contributed by atoms with Crippen LogP contribution in [0.4, 0.5) is 5.69 Å². The van der Waals surface area contributed by atoms with Crippen molar-refractivity contribution in [3.63, 3.8) is 0 Å². The molecule has 9 heteroatoms. The number of nitrogens with zero attached hydrogens (tertiary/aromatic N) is 4. The smallest absolute Gasteiger partial charge is 0.359 e. The van der Waals surface area contributed by atoms with Gasteiger partial charge < -0.3 is 10.1 Å². The zero-order chi connectivity index (χ0) is 19.5. The summed E-state index contributed by atoms with van der Waals surface area (Å²) >= 11 is 0. The number of aromatic amines is 1. The fourth-order valence-corrected chi connectivity index (χ4v) is 2.81. The summed E-state index contributed by atoms with van der Waals surface area (Å²) in [5, 5.41) is 14.2. The van der Waals surface area contributed by atoms with Gasteiger partial charge in [0.2, 0.25) is 0 Å². The van der Waals surface area contributed by atoms with Crippen molar-refractivity contribution >= 4 is 28.5 Å². The van der Waals surface area contributed by atoms with Gasteiger partial charge >= 0.3 is 5.97 Å². The van der Waals surface area contributed by atoms with E-state index < -0.39 is 5.97 Å². The highest BCUT2D eigenvalue weighted by molar-refractivity contribution is 6.07. The SMILES string of the molecule is COC(=O)c1n[nH]c2ccc(NC(=O)c3ccc(Cn4cncn4)cc3)cc12. The van der Waals surface area contributed by atoms with Crippen molar-refractivity contribution < 1.29 is 14.3 Å². The number of carbonyl (C=O) groups is 2. The zero-order valence-electron chi connectivity index (χ0n) is 14.9. The maximum atomic E-state index is 12.5. The highest BCUT2D eigenvalue weighted by atomic mass is 16.5. The summed E-state index contributed by atoms with van der Waals surface area (Å²) in [5.41, 5.74) is 2.92. The Hall–Kier alpha value is -4.01. The molecule has 0 bridgehead atoms. The molecule has 0 aliphatic carbocycles. The normalized spacial score (nSPS) is 10.8. The molecule has 0 saturated carbocycles. The minimum Gasteiger partial charge on any atom is -0.464 e. The van der Waals surface area contributed by atoms with Gasteiger partial charge in [-0.3, -0.25) is 9.89 Å². The zero-order valence-corrected chi connectivity index (χ0v) is 14.9. The molecule has 4 rings (SSSR count). The van der Waals surface area contributed by atoms with Gasteiger partial charge in [0.15, 0.2) is 5.69 Å². The van der Waals surface area contributed by atoms with E-state index in [2.05, 4.69) is 25.6 Å². The van der Waals surface area contributed by atoms with Crippen LogP contribution in [0.15, 0.2) is 55.1 Å². The summed E-state index contributed by atoms with van der Waals surface area (Å²) < 4.78 is 6.43. The number of aromatic nitrogens is 5. The highest BCUT2D eigenvalue weighted by Gasteiger charge is 2.15. The standard InChI is InChI=1S/C19H16N6O3/c1-28-19(27)17-15-8-14(6-7-16(15)23-24-17)22-18(26)13-4-2-12(3-5-13)9-25-11-20-10-21-25/h2-8,10-11H,9H2,1H3,(H,22,26)(H,23,24). The van der Waals surface area contributed by atoms with Gasteiger partial charge in [-0.25, -0.2) is 14.5 Å². The van der Waals surface area contributed by atoms with Crippen LogP contribution in [-0.4, -0.2) is 43.9 Å². The molecule has 1 amide bonds. The van der Waals surface area contributed by atoms with Crippen molar-refractivity contribution in [3.05, 3.63) is 71.9 Å². The summed E-state index contributed by atoms with van der Waals surface area (Å²) in [4.78, 5) is 28.2. The second kappa shape index (κ2) is 7.31. The van der Waals surface area contributed by atoms with E-state index in [1.165, 1.54) is 13.4 Å². The second-order valence-electron chi connectivity index (χ2n) is 6.07. The van der Waals surface area contributed by atoms with Crippen molar-refractivity contribution in [1.29, 1.82) is 0 Å². The fourth-order valence-electron chi connectivity index (χ4n) is 2.81. The summed E-state index contributed by atoms with van der Waals surface area (Å²) in [6, 6.07) is 12.4. The highest BCUT2D eigenvalue weighted by Crippen LogP contribution is 2.22. The number of benzene rings is 2. The average molecular weight is 376 g/mol. The van der Waals surface area contributed by atoms with Gasteiger partial charge in [-0.1, -0.05) is 12.1 Å². The van der Waals surface area contributed by atoms with Gasteiger partial charge in [0.25, 0.3) is 5.91 Å². The summed E-state index contributed by atoms with van der Waals surface area (Å²) in [6.07, 6.45) is 3.11. The van der Waals surface area contributed by atoms with E-state index in [9.17, 15) is 9.59 Å². The number of hydrogen-bond acceptors (Lipinski definition) is 6. The number of esters is 1. The molecule has 2 aromatic carbocycles. The quantitative estimate of drug-likeness (QED) is 0.516. The summed E-state index contributed by atoms with van der Waals surface area (Å²) in [7, 11) is 1.29.